The third kappa shape index (κ3) is 3.66. The SMILES string of the molecule is CS(=O)(=O)N1CCCc2ccc(NS(=O)(=O)c3ccc(C#N)cc3)cc21. The fourth-order valence-corrected chi connectivity index (χ4v) is 4.91. The molecular weight excluding hydrogens is 374 g/mol. The topological polar surface area (TPSA) is 107 Å². The van der Waals surface area contributed by atoms with Gasteiger partial charge < -0.3 is 0 Å². The number of aryl methyl sites for hydroxylation is 1. The highest BCUT2D eigenvalue weighted by molar-refractivity contribution is 7.92. The van der Waals surface area contributed by atoms with Crippen LogP contribution in [0, 0.1) is 11.3 Å². The summed E-state index contributed by atoms with van der Waals surface area (Å²) in [5.74, 6) is 0. The number of anilines is 2. The number of sulfonamides is 2. The molecule has 26 heavy (non-hydrogen) atoms. The first-order chi connectivity index (χ1) is 12.2. The van der Waals surface area contributed by atoms with Crippen LogP contribution in [0.4, 0.5) is 11.4 Å². The summed E-state index contributed by atoms with van der Waals surface area (Å²) < 4.78 is 52.8. The molecule has 2 aromatic rings. The zero-order chi connectivity index (χ0) is 18.9. The average molecular weight is 391 g/mol. The van der Waals surface area contributed by atoms with Crippen LogP contribution in [0.5, 0.6) is 0 Å². The number of hydrogen-bond donors (Lipinski definition) is 1. The highest BCUT2D eigenvalue weighted by Crippen LogP contribution is 2.32. The fraction of sp³-hybridized carbons (Fsp3) is 0.235. The lowest BCUT2D eigenvalue weighted by atomic mass is 10.0. The average Bonchev–Trinajstić information content (AvgIpc) is 2.60. The minimum Gasteiger partial charge on any atom is -0.280 e. The first-order valence-electron chi connectivity index (χ1n) is 7.84. The van der Waals surface area contributed by atoms with Gasteiger partial charge >= 0.3 is 0 Å². The van der Waals surface area contributed by atoms with E-state index in [2.05, 4.69) is 4.72 Å². The molecule has 1 heterocycles. The molecule has 0 radical (unpaired) electrons. The van der Waals surface area contributed by atoms with Crippen LogP contribution in [0.3, 0.4) is 0 Å². The van der Waals surface area contributed by atoms with Crippen molar-refractivity contribution in [2.75, 3.05) is 21.8 Å². The van der Waals surface area contributed by atoms with Gasteiger partial charge in [0.2, 0.25) is 10.0 Å². The zero-order valence-corrected chi connectivity index (χ0v) is 15.6. The van der Waals surface area contributed by atoms with E-state index in [0.29, 0.717) is 17.8 Å². The van der Waals surface area contributed by atoms with Crippen molar-refractivity contribution in [2.24, 2.45) is 0 Å². The van der Waals surface area contributed by atoms with Crippen LogP contribution in [0.1, 0.15) is 17.5 Å². The van der Waals surface area contributed by atoms with E-state index in [4.69, 9.17) is 5.26 Å². The molecule has 3 rings (SSSR count). The third-order valence-electron chi connectivity index (χ3n) is 4.11. The first kappa shape index (κ1) is 18.2. The molecule has 136 valence electrons. The number of nitrogens with one attached hydrogen (secondary N) is 1. The molecule has 0 amide bonds. The largest absolute Gasteiger partial charge is 0.280 e. The van der Waals surface area contributed by atoms with Crippen LogP contribution in [-0.4, -0.2) is 29.6 Å². The summed E-state index contributed by atoms with van der Waals surface area (Å²) in [4.78, 5) is 0.0224. The molecule has 0 saturated heterocycles. The van der Waals surface area contributed by atoms with Crippen LogP contribution >= 0.6 is 0 Å². The fourth-order valence-electron chi connectivity index (χ4n) is 2.87. The molecule has 0 atom stereocenters. The van der Waals surface area contributed by atoms with Gasteiger partial charge in [-0.1, -0.05) is 6.07 Å². The summed E-state index contributed by atoms with van der Waals surface area (Å²) in [6, 6.07) is 12.4. The van der Waals surface area contributed by atoms with E-state index in [9.17, 15) is 16.8 Å². The zero-order valence-electron chi connectivity index (χ0n) is 14.0. The van der Waals surface area contributed by atoms with Crippen molar-refractivity contribution in [2.45, 2.75) is 17.7 Å². The van der Waals surface area contributed by atoms with Crippen LogP contribution in [-0.2, 0) is 26.5 Å². The molecule has 7 nitrogen and oxygen atoms in total. The molecule has 1 N–H and O–H groups in total. The Balaban J connectivity index is 1.94. The Kier molecular flexibility index (Phi) is 4.64. The van der Waals surface area contributed by atoms with Crippen molar-refractivity contribution in [1.29, 1.82) is 5.26 Å². The Morgan fingerprint density at radius 2 is 1.77 bits per heavy atom. The molecule has 0 aromatic heterocycles. The van der Waals surface area contributed by atoms with Gasteiger partial charge in [0.15, 0.2) is 0 Å². The quantitative estimate of drug-likeness (QED) is 0.858. The van der Waals surface area contributed by atoms with Gasteiger partial charge in [0.1, 0.15) is 0 Å². The molecule has 2 aromatic carbocycles. The second-order valence-electron chi connectivity index (χ2n) is 6.02. The van der Waals surface area contributed by atoms with Crippen LogP contribution in [0.25, 0.3) is 0 Å². The van der Waals surface area contributed by atoms with Gasteiger partial charge in [-0.3, -0.25) is 9.03 Å². The van der Waals surface area contributed by atoms with E-state index in [1.54, 1.807) is 12.1 Å². The maximum Gasteiger partial charge on any atom is 0.261 e. The molecule has 0 saturated carbocycles. The summed E-state index contributed by atoms with van der Waals surface area (Å²) in [5.41, 5.74) is 2.01. The number of rotatable bonds is 4. The predicted molar refractivity (Wildman–Crippen MR) is 98.9 cm³/mol. The highest BCUT2D eigenvalue weighted by Gasteiger charge is 2.25. The number of nitriles is 1. The van der Waals surface area contributed by atoms with E-state index in [0.717, 1.165) is 24.7 Å². The van der Waals surface area contributed by atoms with E-state index < -0.39 is 20.0 Å². The predicted octanol–water partition coefficient (Wildman–Crippen LogP) is 2.07. The van der Waals surface area contributed by atoms with Crippen molar-refractivity contribution in [3.63, 3.8) is 0 Å². The first-order valence-corrected chi connectivity index (χ1v) is 11.2. The Bertz CT molecular complexity index is 1090. The molecular formula is C17H17N3O4S2. The summed E-state index contributed by atoms with van der Waals surface area (Å²) in [5, 5.41) is 8.80. The number of fused-ring (bicyclic) bond motifs is 1. The van der Waals surface area contributed by atoms with E-state index >= 15 is 0 Å². The molecule has 0 aliphatic carbocycles. The van der Waals surface area contributed by atoms with Gasteiger partial charge in [0.25, 0.3) is 10.0 Å². The minimum absolute atomic E-state index is 0.0224. The normalized spacial score (nSPS) is 14.4. The maximum atomic E-state index is 12.5. The van der Waals surface area contributed by atoms with Gasteiger partial charge in [0, 0.05) is 6.54 Å². The van der Waals surface area contributed by atoms with Gasteiger partial charge in [-0.2, -0.15) is 5.26 Å². The number of benzene rings is 2. The lowest BCUT2D eigenvalue weighted by Crippen LogP contribution is -2.34. The molecule has 0 unspecified atom stereocenters. The van der Waals surface area contributed by atoms with Gasteiger partial charge in [0.05, 0.1) is 34.2 Å². The van der Waals surface area contributed by atoms with Crippen molar-refractivity contribution < 1.29 is 16.8 Å². The Labute approximate surface area is 153 Å². The van der Waals surface area contributed by atoms with Crippen LogP contribution in [0.2, 0.25) is 0 Å². The third-order valence-corrected chi connectivity index (χ3v) is 6.68. The lowest BCUT2D eigenvalue weighted by Gasteiger charge is -2.29. The van der Waals surface area contributed by atoms with Gasteiger partial charge in [-0.05, 0) is 54.8 Å². The lowest BCUT2D eigenvalue weighted by molar-refractivity contribution is 0.592. The van der Waals surface area contributed by atoms with Crippen LogP contribution in [0.15, 0.2) is 47.4 Å². The Morgan fingerprint density at radius 3 is 2.38 bits per heavy atom. The second-order valence-corrected chi connectivity index (χ2v) is 9.61. The molecule has 0 bridgehead atoms. The van der Waals surface area contributed by atoms with E-state index in [1.807, 2.05) is 6.07 Å². The molecule has 1 aliphatic rings. The van der Waals surface area contributed by atoms with Crippen LogP contribution < -0.4 is 9.03 Å². The Hall–Kier alpha value is -2.57. The highest BCUT2D eigenvalue weighted by atomic mass is 32.2. The van der Waals surface area contributed by atoms with E-state index in [1.165, 1.54) is 34.6 Å². The summed E-state index contributed by atoms with van der Waals surface area (Å²) in [6.45, 7) is 0.373. The summed E-state index contributed by atoms with van der Waals surface area (Å²) in [6.07, 6.45) is 2.59. The van der Waals surface area contributed by atoms with Crippen molar-refractivity contribution in [1.82, 2.24) is 0 Å². The van der Waals surface area contributed by atoms with Crippen molar-refractivity contribution in [3.05, 3.63) is 53.6 Å². The minimum atomic E-state index is -3.85. The standard InChI is InChI=1S/C17H17N3O4S2/c1-25(21,22)20-10-2-3-14-6-7-15(11-17(14)20)19-26(23,24)16-8-4-13(12-18)5-9-16/h4-9,11,19H,2-3,10H2,1H3. The monoisotopic (exact) mass is 391 g/mol. The van der Waals surface area contributed by atoms with Gasteiger partial charge in [-0.15, -0.1) is 0 Å². The molecule has 9 heteroatoms. The van der Waals surface area contributed by atoms with Crippen molar-refractivity contribution >= 4 is 31.4 Å². The maximum absolute atomic E-state index is 12.5. The molecule has 0 fully saturated rings. The Morgan fingerprint density at radius 1 is 1.08 bits per heavy atom. The van der Waals surface area contributed by atoms with E-state index in [-0.39, 0.29) is 10.6 Å². The molecule has 0 spiro atoms. The smallest absolute Gasteiger partial charge is 0.261 e. The number of nitrogens with zero attached hydrogens (tertiary/aromatic N) is 2. The molecule has 1 aliphatic heterocycles. The van der Waals surface area contributed by atoms with Gasteiger partial charge in [-0.25, -0.2) is 16.8 Å². The number of hydrogen-bond acceptors (Lipinski definition) is 5. The summed E-state index contributed by atoms with van der Waals surface area (Å²) >= 11 is 0. The summed E-state index contributed by atoms with van der Waals surface area (Å²) in [7, 11) is -7.28. The second kappa shape index (κ2) is 6.63. The van der Waals surface area contributed by atoms with Crippen molar-refractivity contribution in [3.8, 4) is 6.07 Å².